The highest BCUT2D eigenvalue weighted by atomic mass is 35.5. The largest absolute Gasteiger partial charge is 0.417 e. The number of imide groups is 1. The number of nitrogens with one attached hydrogen (secondary N) is 4. The summed E-state index contributed by atoms with van der Waals surface area (Å²) in [6, 6.07) is 9.83. The molecule has 0 radical (unpaired) electrons. The number of benzene rings is 2. The standard InChI is InChI=1S/C22H14ClF3N4O3/c23-17-6-3-11(8-16(17)22(24,25)26)19(31)30-21(33)28-13-4-5-14-15(9-12-2-1-7-27-12)20(32)29-18(14)10-13/h1-10,27H,(H,29,32)(H2,28,30,31,33). The van der Waals surface area contributed by atoms with Crippen LogP contribution in [0.2, 0.25) is 5.02 Å². The molecule has 0 fully saturated rings. The van der Waals surface area contributed by atoms with Crippen LogP contribution in [-0.4, -0.2) is 22.8 Å². The average Bonchev–Trinajstić information content (AvgIpc) is 3.35. The van der Waals surface area contributed by atoms with Gasteiger partial charge >= 0.3 is 12.2 Å². The van der Waals surface area contributed by atoms with Crippen LogP contribution < -0.4 is 16.0 Å². The fourth-order valence-electron chi connectivity index (χ4n) is 3.23. The van der Waals surface area contributed by atoms with Crippen molar-refractivity contribution in [3.8, 4) is 0 Å². The van der Waals surface area contributed by atoms with Gasteiger partial charge in [0.15, 0.2) is 0 Å². The fourth-order valence-corrected chi connectivity index (χ4v) is 3.45. The number of urea groups is 1. The van der Waals surface area contributed by atoms with Gasteiger partial charge in [0.2, 0.25) is 0 Å². The Kier molecular flexibility index (Phi) is 5.69. The molecular formula is C22H14ClF3N4O3. The van der Waals surface area contributed by atoms with Gasteiger partial charge in [-0.15, -0.1) is 0 Å². The van der Waals surface area contributed by atoms with Crippen LogP contribution in [0.25, 0.3) is 11.6 Å². The molecule has 168 valence electrons. The number of fused-ring (bicyclic) bond motifs is 1. The third kappa shape index (κ3) is 4.75. The highest BCUT2D eigenvalue weighted by Gasteiger charge is 2.34. The number of H-pyrrole nitrogens is 1. The summed E-state index contributed by atoms with van der Waals surface area (Å²) in [7, 11) is 0. The molecule has 3 aromatic rings. The quantitative estimate of drug-likeness (QED) is 0.395. The monoisotopic (exact) mass is 474 g/mol. The molecule has 4 rings (SSSR count). The first kappa shape index (κ1) is 22.2. The van der Waals surface area contributed by atoms with Crippen molar-refractivity contribution >= 4 is 52.5 Å². The smallest absolute Gasteiger partial charge is 0.362 e. The van der Waals surface area contributed by atoms with Crippen molar-refractivity contribution in [3.05, 3.63) is 82.1 Å². The van der Waals surface area contributed by atoms with Gasteiger partial charge in [-0.3, -0.25) is 14.9 Å². The summed E-state index contributed by atoms with van der Waals surface area (Å²) in [5, 5.41) is 6.49. The molecule has 0 saturated heterocycles. The second-order valence-corrected chi connectivity index (χ2v) is 7.41. The predicted molar refractivity (Wildman–Crippen MR) is 117 cm³/mol. The Morgan fingerprint density at radius 1 is 1.06 bits per heavy atom. The maximum Gasteiger partial charge on any atom is 0.417 e. The number of hydrogen-bond donors (Lipinski definition) is 4. The second kappa shape index (κ2) is 8.47. The minimum absolute atomic E-state index is 0.257. The molecule has 1 aliphatic heterocycles. The normalized spacial score (nSPS) is 14.1. The van der Waals surface area contributed by atoms with Gasteiger partial charge in [-0.2, -0.15) is 13.2 Å². The molecule has 0 saturated carbocycles. The van der Waals surface area contributed by atoms with Crippen LogP contribution in [0.5, 0.6) is 0 Å². The van der Waals surface area contributed by atoms with Crippen molar-refractivity contribution in [2.75, 3.05) is 10.6 Å². The Balaban J connectivity index is 1.47. The molecule has 1 aromatic heterocycles. The lowest BCUT2D eigenvalue weighted by molar-refractivity contribution is -0.137. The van der Waals surface area contributed by atoms with Crippen molar-refractivity contribution in [1.29, 1.82) is 0 Å². The van der Waals surface area contributed by atoms with E-state index >= 15 is 0 Å². The number of alkyl halides is 3. The number of anilines is 2. The molecule has 4 amide bonds. The Hall–Kier alpha value is -4.05. The summed E-state index contributed by atoms with van der Waals surface area (Å²) in [4.78, 5) is 39.7. The Morgan fingerprint density at radius 3 is 2.55 bits per heavy atom. The first-order valence-corrected chi connectivity index (χ1v) is 9.79. The van der Waals surface area contributed by atoms with Gasteiger partial charge in [0, 0.05) is 28.7 Å². The van der Waals surface area contributed by atoms with Gasteiger partial charge in [0.25, 0.3) is 11.8 Å². The van der Waals surface area contributed by atoms with Gasteiger partial charge in [-0.05, 0) is 48.5 Å². The number of amides is 4. The van der Waals surface area contributed by atoms with Gasteiger partial charge in [-0.25, -0.2) is 4.79 Å². The number of halogens is 4. The zero-order valence-corrected chi connectivity index (χ0v) is 17.3. The molecule has 7 nitrogen and oxygen atoms in total. The number of hydrogen-bond acceptors (Lipinski definition) is 3. The fraction of sp³-hybridized carbons (Fsp3) is 0.0455. The minimum atomic E-state index is -4.75. The van der Waals surface area contributed by atoms with Crippen molar-refractivity contribution in [3.63, 3.8) is 0 Å². The number of carbonyl (C=O) groups excluding carboxylic acids is 3. The molecule has 11 heteroatoms. The Bertz CT molecular complexity index is 1300. The van der Waals surface area contributed by atoms with E-state index in [1.54, 1.807) is 30.5 Å². The molecule has 2 aromatic carbocycles. The van der Waals surface area contributed by atoms with Gasteiger partial charge in [0.05, 0.1) is 21.8 Å². The topological polar surface area (TPSA) is 103 Å². The summed E-state index contributed by atoms with van der Waals surface area (Å²) < 4.78 is 38.9. The third-order valence-corrected chi connectivity index (χ3v) is 5.07. The number of aromatic amines is 1. The Labute approximate surface area is 189 Å². The molecule has 33 heavy (non-hydrogen) atoms. The van der Waals surface area contributed by atoms with Crippen LogP contribution in [0.3, 0.4) is 0 Å². The molecule has 4 N–H and O–H groups in total. The maximum atomic E-state index is 13.0. The van der Waals surface area contributed by atoms with Crippen LogP contribution in [0.1, 0.15) is 27.2 Å². The van der Waals surface area contributed by atoms with E-state index in [9.17, 15) is 27.6 Å². The molecule has 1 aliphatic rings. The van der Waals surface area contributed by atoms with Gasteiger partial charge in [-0.1, -0.05) is 17.7 Å². The van der Waals surface area contributed by atoms with Gasteiger partial charge < -0.3 is 15.6 Å². The van der Waals surface area contributed by atoms with E-state index in [0.29, 0.717) is 22.9 Å². The van der Waals surface area contributed by atoms with E-state index in [2.05, 4.69) is 15.6 Å². The van der Waals surface area contributed by atoms with E-state index in [4.69, 9.17) is 11.6 Å². The summed E-state index contributed by atoms with van der Waals surface area (Å²) in [6.45, 7) is 0. The summed E-state index contributed by atoms with van der Waals surface area (Å²) in [5.41, 5.74) is 0.933. The van der Waals surface area contributed by atoms with Crippen LogP contribution >= 0.6 is 11.6 Å². The first-order chi connectivity index (χ1) is 15.6. The van der Waals surface area contributed by atoms with E-state index in [1.165, 1.54) is 12.1 Å². The van der Waals surface area contributed by atoms with E-state index in [1.807, 2.05) is 5.32 Å². The maximum absolute atomic E-state index is 13.0. The second-order valence-electron chi connectivity index (χ2n) is 7.00. The van der Waals surface area contributed by atoms with E-state index < -0.39 is 28.7 Å². The summed E-state index contributed by atoms with van der Waals surface area (Å²) in [5.74, 6) is -1.36. The molecule has 0 bridgehead atoms. The SMILES string of the molecule is O=C(NC(=O)c1ccc(Cl)c(C(F)(F)F)c1)Nc1ccc2c(c1)NC(=O)C2=Cc1ccc[nH]1. The number of aromatic nitrogens is 1. The summed E-state index contributed by atoms with van der Waals surface area (Å²) in [6.07, 6.45) is -1.35. The molecule has 0 aliphatic carbocycles. The van der Waals surface area contributed by atoms with Crippen LogP contribution in [0.4, 0.5) is 29.3 Å². The highest BCUT2D eigenvalue weighted by Crippen LogP contribution is 2.36. The van der Waals surface area contributed by atoms with E-state index in [0.717, 1.165) is 17.8 Å². The lowest BCUT2D eigenvalue weighted by Crippen LogP contribution is -2.34. The lowest BCUT2D eigenvalue weighted by atomic mass is 10.1. The van der Waals surface area contributed by atoms with Crippen LogP contribution in [0.15, 0.2) is 54.7 Å². The first-order valence-electron chi connectivity index (χ1n) is 9.42. The highest BCUT2D eigenvalue weighted by molar-refractivity contribution is 6.35. The van der Waals surface area contributed by atoms with Crippen LogP contribution in [0, 0.1) is 0 Å². The zero-order valence-electron chi connectivity index (χ0n) is 16.5. The van der Waals surface area contributed by atoms with Gasteiger partial charge in [0.1, 0.15) is 0 Å². The number of rotatable bonds is 3. The third-order valence-electron chi connectivity index (χ3n) is 4.74. The minimum Gasteiger partial charge on any atom is -0.362 e. The molecule has 0 atom stereocenters. The van der Waals surface area contributed by atoms with Crippen molar-refractivity contribution in [1.82, 2.24) is 10.3 Å². The number of carbonyl (C=O) groups is 3. The molecular weight excluding hydrogens is 461 g/mol. The Morgan fingerprint density at radius 2 is 1.85 bits per heavy atom. The molecule has 0 unspecified atom stereocenters. The van der Waals surface area contributed by atoms with Crippen molar-refractivity contribution in [2.45, 2.75) is 6.18 Å². The lowest BCUT2D eigenvalue weighted by Gasteiger charge is -2.11. The zero-order chi connectivity index (χ0) is 23.8. The van der Waals surface area contributed by atoms with Crippen LogP contribution in [-0.2, 0) is 11.0 Å². The van der Waals surface area contributed by atoms with Crippen molar-refractivity contribution < 1.29 is 27.6 Å². The van der Waals surface area contributed by atoms with Crippen molar-refractivity contribution in [2.24, 2.45) is 0 Å². The summed E-state index contributed by atoms with van der Waals surface area (Å²) >= 11 is 5.54. The predicted octanol–water partition coefficient (Wildman–Crippen LogP) is 5.14. The average molecular weight is 475 g/mol. The van der Waals surface area contributed by atoms with E-state index in [-0.39, 0.29) is 17.2 Å². The molecule has 2 heterocycles. The molecule has 0 spiro atoms.